The van der Waals surface area contributed by atoms with Crippen LogP contribution >= 0.6 is 0 Å². The predicted molar refractivity (Wildman–Crippen MR) is 59.8 cm³/mol. The van der Waals surface area contributed by atoms with Gasteiger partial charge >= 0.3 is 0 Å². The molecule has 0 amide bonds. The lowest BCUT2D eigenvalue weighted by Crippen LogP contribution is -2.00. The average molecular weight is 192 g/mol. The molecular formula is C11H16OSi. The molecule has 0 aliphatic rings. The maximum Gasteiger partial charge on any atom is 0.146 e. The zero-order chi connectivity index (χ0) is 9.68. The fourth-order valence-electron chi connectivity index (χ4n) is 1.40. The van der Waals surface area contributed by atoms with Crippen molar-refractivity contribution in [1.82, 2.24) is 0 Å². The molecule has 0 aromatic heterocycles. The van der Waals surface area contributed by atoms with Gasteiger partial charge in [-0.25, -0.2) is 0 Å². The Balaban J connectivity index is 2.96. The van der Waals surface area contributed by atoms with Crippen molar-refractivity contribution < 1.29 is 4.43 Å². The van der Waals surface area contributed by atoms with Crippen LogP contribution < -0.4 is 0 Å². The van der Waals surface area contributed by atoms with Crippen LogP contribution in [-0.4, -0.2) is 10.5 Å². The molecule has 0 aliphatic heterocycles. The lowest BCUT2D eigenvalue weighted by Gasteiger charge is -2.14. The molecule has 0 radical (unpaired) electrons. The topological polar surface area (TPSA) is 9.23 Å². The highest BCUT2D eigenvalue weighted by atomic mass is 28.2. The summed E-state index contributed by atoms with van der Waals surface area (Å²) >= 11 is 0. The van der Waals surface area contributed by atoms with E-state index in [4.69, 9.17) is 4.43 Å². The summed E-state index contributed by atoms with van der Waals surface area (Å²) in [6.07, 6.45) is 3.08. The Labute approximate surface area is 83.0 Å². The van der Waals surface area contributed by atoms with Gasteiger partial charge < -0.3 is 4.43 Å². The van der Waals surface area contributed by atoms with Crippen molar-refractivity contribution >= 4 is 10.5 Å². The van der Waals surface area contributed by atoms with E-state index in [0.29, 0.717) is 0 Å². The molecule has 0 saturated heterocycles. The minimum absolute atomic E-state index is 0.225. The highest BCUT2D eigenvalue weighted by Gasteiger charge is 2.06. The molecule has 0 N–H and O–H groups in total. The molecule has 1 rings (SSSR count). The Morgan fingerprint density at radius 1 is 1.54 bits per heavy atom. The monoisotopic (exact) mass is 192 g/mol. The van der Waals surface area contributed by atoms with Gasteiger partial charge in [-0.2, -0.15) is 0 Å². The third kappa shape index (κ3) is 2.54. The molecule has 1 nitrogen and oxygen atoms in total. The van der Waals surface area contributed by atoms with Crippen LogP contribution in [-0.2, 0) is 10.8 Å². The molecule has 0 spiro atoms. The second-order valence-corrected chi connectivity index (χ2v) is 3.54. The van der Waals surface area contributed by atoms with Crippen LogP contribution in [0.3, 0.4) is 0 Å². The predicted octanol–water partition coefficient (Wildman–Crippen LogP) is 1.77. The summed E-state index contributed by atoms with van der Waals surface area (Å²) in [5, 5.41) is 0. The Morgan fingerprint density at radius 3 is 2.85 bits per heavy atom. The van der Waals surface area contributed by atoms with Gasteiger partial charge in [-0.1, -0.05) is 30.3 Å². The Hall–Kier alpha value is -0.863. The van der Waals surface area contributed by atoms with Gasteiger partial charge in [-0.15, -0.1) is 6.58 Å². The van der Waals surface area contributed by atoms with E-state index >= 15 is 0 Å². The molecule has 13 heavy (non-hydrogen) atoms. The number of benzene rings is 1. The first-order valence-electron chi connectivity index (χ1n) is 4.51. The average Bonchev–Trinajstić information content (AvgIpc) is 2.18. The van der Waals surface area contributed by atoms with Crippen molar-refractivity contribution in [3.8, 4) is 0 Å². The normalized spacial score (nSPS) is 12.7. The number of rotatable bonds is 4. The van der Waals surface area contributed by atoms with Gasteiger partial charge in [0.05, 0.1) is 6.10 Å². The lowest BCUT2D eigenvalue weighted by atomic mass is 10.0. The van der Waals surface area contributed by atoms with E-state index in [1.54, 1.807) is 0 Å². The fraction of sp³-hybridized carbons (Fsp3) is 0.273. The number of allylic oxidation sites excluding steroid dienone is 1. The highest BCUT2D eigenvalue weighted by molar-refractivity contribution is 5.98. The van der Waals surface area contributed by atoms with Gasteiger partial charge in [-0.05, 0) is 24.5 Å². The quantitative estimate of drug-likeness (QED) is 0.522. The molecule has 70 valence electrons. The van der Waals surface area contributed by atoms with E-state index < -0.39 is 0 Å². The van der Waals surface area contributed by atoms with Crippen LogP contribution in [0.4, 0.5) is 0 Å². The smallest absolute Gasteiger partial charge is 0.146 e. The van der Waals surface area contributed by atoms with E-state index in [1.807, 2.05) is 6.08 Å². The van der Waals surface area contributed by atoms with Crippen molar-refractivity contribution in [3.05, 3.63) is 48.0 Å². The molecule has 1 unspecified atom stereocenters. The highest BCUT2D eigenvalue weighted by Crippen LogP contribution is 2.20. The second-order valence-electron chi connectivity index (χ2n) is 3.07. The maximum absolute atomic E-state index is 5.43. The number of hydrogen-bond donors (Lipinski definition) is 0. The molecule has 0 bridgehead atoms. The van der Waals surface area contributed by atoms with Crippen LogP contribution in [0.2, 0.25) is 0 Å². The van der Waals surface area contributed by atoms with Crippen LogP contribution in [0, 0.1) is 0 Å². The van der Waals surface area contributed by atoms with Crippen molar-refractivity contribution in [1.29, 1.82) is 0 Å². The van der Waals surface area contributed by atoms with Gasteiger partial charge in [0.2, 0.25) is 0 Å². The fourth-order valence-corrected chi connectivity index (χ4v) is 1.65. The van der Waals surface area contributed by atoms with Crippen LogP contribution in [0.25, 0.3) is 0 Å². The number of hydrogen-bond acceptors (Lipinski definition) is 1. The third-order valence-electron chi connectivity index (χ3n) is 2.21. The zero-order valence-electron chi connectivity index (χ0n) is 8.29. The summed E-state index contributed by atoms with van der Waals surface area (Å²) in [7, 11) is 0.784. The third-order valence-corrected chi connectivity index (χ3v) is 2.92. The van der Waals surface area contributed by atoms with Crippen molar-refractivity contribution in [2.45, 2.75) is 19.4 Å². The van der Waals surface area contributed by atoms with Gasteiger partial charge in [0, 0.05) is 0 Å². The summed E-state index contributed by atoms with van der Waals surface area (Å²) in [6.45, 7) is 5.84. The Kier molecular flexibility index (Phi) is 3.93. The van der Waals surface area contributed by atoms with Gasteiger partial charge in [-0.3, -0.25) is 0 Å². The SMILES string of the molecule is C=CCc1ccccc1C(C)O[SiH3]. The molecule has 0 fully saturated rings. The second kappa shape index (κ2) is 4.99. The minimum atomic E-state index is 0.225. The summed E-state index contributed by atoms with van der Waals surface area (Å²) in [6, 6.07) is 8.37. The molecule has 0 aliphatic carbocycles. The first kappa shape index (κ1) is 10.2. The van der Waals surface area contributed by atoms with Crippen molar-refractivity contribution in [2.24, 2.45) is 0 Å². The Bertz CT molecular complexity index is 283. The summed E-state index contributed by atoms with van der Waals surface area (Å²) in [5.74, 6) is 0. The lowest BCUT2D eigenvalue weighted by molar-refractivity contribution is 0.249. The standard InChI is InChI=1S/C11H16OSi/c1-3-6-10-7-4-5-8-11(10)9(2)12-13/h3-5,7-9H,1,6H2,2,13H3. The molecular weight excluding hydrogens is 176 g/mol. The van der Waals surface area contributed by atoms with E-state index in [0.717, 1.165) is 16.9 Å². The van der Waals surface area contributed by atoms with E-state index in [-0.39, 0.29) is 6.10 Å². The van der Waals surface area contributed by atoms with Gasteiger partial charge in [0.1, 0.15) is 10.5 Å². The zero-order valence-corrected chi connectivity index (χ0v) is 10.3. The Morgan fingerprint density at radius 2 is 2.23 bits per heavy atom. The van der Waals surface area contributed by atoms with Gasteiger partial charge in [0.15, 0.2) is 0 Å². The molecule has 1 aromatic carbocycles. The van der Waals surface area contributed by atoms with Gasteiger partial charge in [0.25, 0.3) is 0 Å². The first-order chi connectivity index (χ1) is 6.29. The van der Waals surface area contributed by atoms with E-state index in [1.165, 1.54) is 11.1 Å². The van der Waals surface area contributed by atoms with E-state index in [2.05, 4.69) is 37.8 Å². The van der Waals surface area contributed by atoms with Crippen LogP contribution in [0.15, 0.2) is 36.9 Å². The molecule has 1 aromatic rings. The largest absolute Gasteiger partial charge is 0.421 e. The van der Waals surface area contributed by atoms with Crippen LogP contribution in [0.1, 0.15) is 24.2 Å². The van der Waals surface area contributed by atoms with Crippen LogP contribution in [0.5, 0.6) is 0 Å². The summed E-state index contributed by atoms with van der Waals surface area (Å²) < 4.78 is 5.43. The minimum Gasteiger partial charge on any atom is -0.421 e. The molecule has 0 saturated carbocycles. The van der Waals surface area contributed by atoms with Crippen molar-refractivity contribution in [2.75, 3.05) is 0 Å². The first-order valence-corrected chi connectivity index (χ1v) is 5.32. The maximum atomic E-state index is 5.43. The molecule has 0 heterocycles. The summed E-state index contributed by atoms with van der Waals surface area (Å²) in [5.41, 5.74) is 2.61. The summed E-state index contributed by atoms with van der Waals surface area (Å²) in [4.78, 5) is 0. The van der Waals surface area contributed by atoms with Crippen molar-refractivity contribution in [3.63, 3.8) is 0 Å². The van der Waals surface area contributed by atoms with E-state index in [9.17, 15) is 0 Å². The molecule has 2 heteroatoms. The molecule has 1 atom stereocenters.